The van der Waals surface area contributed by atoms with Gasteiger partial charge in [-0.05, 0) is 31.2 Å². The van der Waals surface area contributed by atoms with E-state index in [2.05, 4.69) is 10.3 Å². The van der Waals surface area contributed by atoms with E-state index in [0.29, 0.717) is 0 Å². The third-order valence-corrected chi connectivity index (χ3v) is 6.07. The van der Waals surface area contributed by atoms with Crippen molar-refractivity contribution in [2.75, 3.05) is 11.9 Å². The van der Waals surface area contributed by atoms with Crippen molar-refractivity contribution in [3.63, 3.8) is 0 Å². The van der Waals surface area contributed by atoms with Crippen molar-refractivity contribution in [1.82, 2.24) is 4.90 Å². The quantitative estimate of drug-likeness (QED) is 0.431. The van der Waals surface area contributed by atoms with Crippen LogP contribution in [-0.4, -0.2) is 38.6 Å². The van der Waals surface area contributed by atoms with Gasteiger partial charge in [-0.3, -0.25) is 24.6 Å². The summed E-state index contributed by atoms with van der Waals surface area (Å²) < 4.78 is 39.4. The van der Waals surface area contributed by atoms with Crippen molar-refractivity contribution in [2.24, 2.45) is 4.99 Å². The highest BCUT2D eigenvalue weighted by Crippen LogP contribution is 2.38. The van der Waals surface area contributed by atoms with Crippen LogP contribution in [0.3, 0.4) is 0 Å². The summed E-state index contributed by atoms with van der Waals surface area (Å²) in [6.45, 7) is 1.85. The monoisotopic (exact) mass is 500 g/mol. The molecule has 1 atom stereocenters. The van der Waals surface area contributed by atoms with E-state index in [1.54, 1.807) is 6.92 Å². The first-order valence-electron chi connectivity index (χ1n) is 9.48. The normalized spacial score (nSPS) is 17.5. The number of nitro benzene ring substituents is 1. The Morgan fingerprint density at radius 2 is 2.00 bits per heavy atom. The fourth-order valence-corrected chi connectivity index (χ4v) is 4.48. The number of amides is 2. The van der Waals surface area contributed by atoms with Gasteiger partial charge in [0.1, 0.15) is 10.9 Å². The number of aliphatic imine (C=N–C) groups is 1. The van der Waals surface area contributed by atoms with Crippen LogP contribution in [0.2, 0.25) is 5.02 Å². The number of carbonyl (C=O) groups excluding carboxylic acids is 2. The summed E-state index contributed by atoms with van der Waals surface area (Å²) in [4.78, 5) is 41.0. The number of nitro groups is 1. The average Bonchev–Trinajstić information content (AvgIpc) is 3.02. The molecule has 1 heterocycles. The van der Waals surface area contributed by atoms with Crippen molar-refractivity contribution in [2.45, 2.75) is 24.8 Å². The van der Waals surface area contributed by atoms with E-state index >= 15 is 0 Å². The summed E-state index contributed by atoms with van der Waals surface area (Å²) >= 11 is 6.56. The second-order valence-corrected chi connectivity index (χ2v) is 8.35. The molecule has 174 valence electrons. The Morgan fingerprint density at radius 1 is 1.30 bits per heavy atom. The number of nitrogens with zero attached hydrogens (tertiary/aromatic N) is 3. The van der Waals surface area contributed by atoms with Crippen molar-refractivity contribution >= 4 is 57.4 Å². The van der Waals surface area contributed by atoms with Gasteiger partial charge < -0.3 is 5.32 Å². The van der Waals surface area contributed by atoms with Crippen LogP contribution in [0.25, 0.3) is 0 Å². The lowest BCUT2D eigenvalue weighted by atomic mass is 10.2. The summed E-state index contributed by atoms with van der Waals surface area (Å²) in [5.41, 5.74) is -1.41. The standard InChI is InChI=1S/C20H16ClF3N4O4S/c1-2-27-18(30)16(10-17(29)26-14-5-3-4-6-15(14)28(31)32)33-19(27)25-11-7-8-13(21)12(9-11)20(22,23)24/h3-9,16H,2,10H2,1H3,(H,26,29). The maximum Gasteiger partial charge on any atom is 0.417 e. The zero-order valence-corrected chi connectivity index (χ0v) is 18.5. The second kappa shape index (κ2) is 9.79. The largest absolute Gasteiger partial charge is 0.417 e. The Hall–Kier alpha value is -3.12. The molecule has 1 saturated heterocycles. The van der Waals surface area contributed by atoms with Gasteiger partial charge in [-0.25, -0.2) is 4.99 Å². The van der Waals surface area contributed by atoms with Gasteiger partial charge in [-0.1, -0.05) is 35.5 Å². The molecule has 1 N–H and O–H groups in total. The molecule has 2 amide bonds. The molecular weight excluding hydrogens is 485 g/mol. The first-order chi connectivity index (χ1) is 15.5. The maximum absolute atomic E-state index is 13.1. The predicted molar refractivity (Wildman–Crippen MR) is 119 cm³/mol. The van der Waals surface area contributed by atoms with Crippen LogP contribution in [-0.2, 0) is 15.8 Å². The van der Waals surface area contributed by atoms with Gasteiger partial charge in [0.15, 0.2) is 5.17 Å². The Labute approximate surface area is 195 Å². The van der Waals surface area contributed by atoms with Crippen molar-refractivity contribution in [1.29, 1.82) is 0 Å². The highest BCUT2D eigenvalue weighted by molar-refractivity contribution is 8.15. The molecule has 1 aliphatic heterocycles. The van der Waals surface area contributed by atoms with Crippen LogP contribution in [0.4, 0.5) is 30.2 Å². The minimum absolute atomic E-state index is 0.00923. The van der Waals surface area contributed by atoms with Crippen molar-refractivity contribution < 1.29 is 27.7 Å². The van der Waals surface area contributed by atoms with Gasteiger partial charge in [0, 0.05) is 19.0 Å². The Kier molecular flexibility index (Phi) is 7.28. The highest BCUT2D eigenvalue weighted by Gasteiger charge is 2.39. The van der Waals surface area contributed by atoms with Gasteiger partial charge in [0.2, 0.25) is 11.8 Å². The zero-order valence-electron chi connectivity index (χ0n) is 16.9. The van der Waals surface area contributed by atoms with Crippen LogP contribution in [0.5, 0.6) is 0 Å². The van der Waals surface area contributed by atoms with Crippen LogP contribution < -0.4 is 5.32 Å². The molecule has 1 aliphatic rings. The van der Waals surface area contributed by atoms with Crippen molar-refractivity contribution in [3.8, 4) is 0 Å². The van der Waals surface area contributed by atoms with Gasteiger partial charge in [-0.2, -0.15) is 13.2 Å². The fraction of sp³-hybridized carbons (Fsp3) is 0.250. The molecular formula is C20H16ClF3N4O4S. The molecule has 13 heteroatoms. The third-order valence-electron chi connectivity index (χ3n) is 4.56. The van der Waals surface area contributed by atoms with E-state index in [1.165, 1.54) is 35.2 Å². The molecule has 1 unspecified atom stereocenters. The van der Waals surface area contributed by atoms with Crippen LogP contribution in [0, 0.1) is 10.1 Å². The second-order valence-electron chi connectivity index (χ2n) is 6.77. The minimum atomic E-state index is -4.67. The van der Waals surface area contributed by atoms with Gasteiger partial charge in [0.25, 0.3) is 5.69 Å². The van der Waals surface area contributed by atoms with Crippen LogP contribution in [0.15, 0.2) is 47.5 Å². The number of thioether (sulfide) groups is 1. The van der Waals surface area contributed by atoms with E-state index in [-0.39, 0.29) is 35.2 Å². The number of para-hydroxylation sites is 2. The molecule has 0 aromatic heterocycles. The fourth-order valence-electron chi connectivity index (χ4n) is 3.03. The lowest BCUT2D eigenvalue weighted by Gasteiger charge is -2.14. The molecule has 8 nitrogen and oxygen atoms in total. The average molecular weight is 501 g/mol. The molecule has 0 aliphatic carbocycles. The molecule has 0 radical (unpaired) electrons. The molecule has 2 aromatic rings. The zero-order chi connectivity index (χ0) is 24.3. The number of rotatable bonds is 6. The smallest absolute Gasteiger partial charge is 0.320 e. The summed E-state index contributed by atoms with van der Waals surface area (Å²) in [7, 11) is 0. The Bertz CT molecular complexity index is 1140. The maximum atomic E-state index is 13.1. The summed E-state index contributed by atoms with van der Waals surface area (Å²) in [5, 5.41) is 12.3. The van der Waals surface area contributed by atoms with E-state index in [1.807, 2.05) is 0 Å². The van der Waals surface area contributed by atoms with Crippen molar-refractivity contribution in [3.05, 3.63) is 63.2 Å². The first-order valence-corrected chi connectivity index (χ1v) is 10.7. The summed E-state index contributed by atoms with van der Waals surface area (Å²) in [6.07, 6.45) is -4.98. The summed E-state index contributed by atoms with van der Waals surface area (Å²) in [5.74, 6) is -1.07. The number of halogens is 4. The lowest BCUT2D eigenvalue weighted by Crippen LogP contribution is -2.33. The highest BCUT2D eigenvalue weighted by atomic mass is 35.5. The number of anilines is 1. The molecule has 0 saturated carbocycles. The number of alkyl halides is 3. The van der Waals surface area contributed by atoms with Crippen LogP contribution >= 0.6 is 23.4 Å². The van der Waals surface area contributed by atoms with E-state index in [9.17, 15) is 32.9 Å². The first kappa shape index (κ1) is 24.5. The molecule has 2 aromatic carbocycles. The SMILES string of the molecule is CCN1C(=O)C(CC(=O)Nc2ccccc2[N+](=O)[O-])SC1=Nc1ccc(Cl)c(C(F)(F)F)c1. The van der Waals surface area contributed by atoms with Gasteiger partial charge in [0.05, 0.1) is 21.2 Å². The molecule has 33 heavy (non-hydrogen) atoms. The molecule has 0 spiro atoms. The Morgan fingerprint density at radius 3 is 2.64 bits per heavy atom. The minimum Gasteiger partial charge on any atom is -0.320 e. The topological polar surface area (TPSA) is 105 Å². The number of hydrogen-bond donors (Lipinski definition) is 1. The predicted octanol–water partition coefficient (Wildman–Crippen LogP) is 5.25. The van der Waals surface area contributed by atoms with Gasteiger partial charge >= 0.3 is 6.18 Å². The van der Waals surface area contributed by atoms with Gasteiger partial charge in [-0.15, -0.1) is 0 Å². The third kappa shape index (κ3) is 5.63. The van der Waals surface area contributed by atoms with E-state index < -0.39 is 38.7 Å². The van der Waals surface area contributed by atoms with E-state index in [0.717, 1.165) is 23.9 Å². The molecule has 3 rings (SSSR count). The van der Waals surface area contributed by atoms with E-state index in [4.69, 9.17) is 11.6 Å². The Balaban J connectivity index is 1.79. The summed E-state index contributed by atoms with van der Waals surface area (Å²) in [6, 6.07) is 8.70. The molecule has 1 fully saturated rings. The number of nitrogens with one attached hydrogen (secondary N) is 1. The molecule has 0 bridgehead atoms. The number of benzene rings is 2. The number of amidine groups is 1. The number of carbonyl (C=O) groups is 2. The van der Waals surface area contributed by atoms with Crippen LogP contribution in [0.1, 0.15) is 18.9 Å². The number of hydrogen-bond acceptors (Lipinski definition) is 6. The lowest BCUT2D eigenvalue weighted by molar-refractivity contribution is -0.383.